The molecular weight excluding hydrogens is 300 g/mol. The first-order valence-electron chi connectivity index (χ1n) is 7.38. The van der Waals surface area contributed by atoms with Gasteiger partial charge in [-0.3, -0.25) is 4.79 Å². The maximum absolute atomic E-state index is 12.5. The Morgan fingerprint density at radius 2 is 1.91 bits per heavy atom. The van der Waals surface area contributed by atoms with E-state index in [2.05, 4.69) is 6.92 Å². The molecule has 0 bridgehead atoms. The van der Waals surface area contributed by atoms with Gasteiger partial charge in [0.2, 0.25) is 5.78 Å². The smallest absolute Gasteiger partial charge is 0.202 e. The van der Waals surface area contributed by atoms with Crippen molar-refractivity contribution < 1.29 is 19.0 Å². The predicted molar refractivity (Wildman–Crippen MR) is 84.6 cm³/mol. The summed E-state index contributed by atoms with van der Waals surface area (Å²) in [5.74, 6) is 0.800. The van der Waals surface area contributed by atoms with Crippen molar-refractivity contribution in [2.24, 2.45) is 0 Å². The zero-order chi connectivity index (χ0) is 15.4. The molecule has 1 aromatic heterocycles. The number of hydrogen-bond acceptors (Lipinski definition) is 5. The molecule has 1 aliphatic heterocycles. The molecule has 0 radical (unpaired) electrons. The van der Waals surface area contributed by atoms with Crippen LogP contribution in [0.2, 0.25) is 0 Å². The monoisotopic (exact) mass is 318 g/mol. The average Bonchev–Trinajstić information content (AvgIpc) is 3.23. The first-order chi connectivity index (χ1) is 10.8. The second-order valence-corrected chi connectivity index (χ2v) is 6.09. The molecule has 22 heavy (non-hydrogen) atoms. The molecule has 1 fully saturated rings. The molecule has 0 atom stereocenters. The van der Waals surface area contributed by atoms with Crippen molar-refractivity contribution in [3.05, 3.63) is 51.7 Å². The van der Waals surface area contributed by atoms with E-state index in [0.717, 1.165) is 17.0 Å². The van der Waals surface area contributed by atoms with Crippen LogP contribution < -0.4 is 4.74 Å². The average molecular weight is 318 g/mol. The highest BCUT2D eigenvalue weighted by atomic mass is 32.1. The van der Waals surface area contributed by atoms with E-state index >= 15 is 0 Å². The molecule has 0 unspecified atom stereocenters. The van der Waals surface area contributed by atoms with E-state index in [1.54, 1.807) is 12.1 Å². The molecule has 4 nitrogen and oxygen atoms in total. The van der Waals surface area contributed by atoms with E-state index in [9.17, 15) is 4.79 Å². The minimum absolute atomic E-state index is 0.0105. The molecule has 5 heteroatoms. The summed E-state index contributed by atoms with van der Waals surface area (Å²) in [5, 5.41) is 0. The van der Waals surface area contributed by atoms with Gasteiger partial charge in [-0.2, -0.15) is 0 Å². The summed E-state index contributed by atoms with van der Waals surface area (Å²) >= 11 is 1.42. The number of ketones is 1. The minimum atomic E-state index is -0.323. The van der Waals surface area contributed by atoms with Crippen LogP contribution in [-0.4, -0.2) is 25.6 Å². The molecule has 0 aliphatic carbocycles. The van der Waals surface area contributed by atoms with E-state index in [1.807, 2.05) is 24.3 Å². The zero-order valence-electron chi connectivity index (χ0n) is 12.4. The van der Waals surface area contributed by atoms with Crippen LogP contribution in [0.25, 0.3) is 0 Å². The summed E-state index contributed by atoms with van der Waals surface area (Å²) in [5.41, 5.74) is 0.658. The van der Waals surface area contributed by atoms with Crippen molar-refractivity contribution in [3.8, 4) is 5.75 Å². The molecule has 0 N–H and O–H groups in total. The molecule has 1 saturated heterocycles. The summed E-state index contributed by atoms with van der Waals surface area (Å²) in [6, 6.07) is 11.0. The third-order valence-corrected chi connectivity index (χ3v) is 4.40. The van der Waals surface area contributed by atoms with Crippen molar-refractivity contribution in [1.29, 1.82) is 0 Å². The van der Waals surface area contributed by atoms with Gasteiger partial charge in [0, 0.05) is 5.56 Å². The Hall–Kier alpha value is -1.69. The predicted octanol–water partition coefficient (Wildman–Crippen LogP) is 3.81. The van der Waals surface area contributed by atoms with Gasteiger partial charge in [0.25, 0.3) is 0 Å². The van der Waals surface area contributed by atoms with E-state index in [-0.39, 0.29) is 12.1 Å². The molecule has 0 saturated carbocycles. The van der Waals surface area contributed by atoms with Crippen LogP contribution in [0, 0.1) is 0 Å². The van der Waals surface area contributed by atoms with Crippen molar-refractivity contribution in [2.75, 3.05) is 19.8 Å². The molecule has 2 aromatic rings. The lowest BCUT2D eigenvalue weighted by Crippen LogP contribution is -1.99. The number of benzene rings is 1. The van der Waals surface area contributed by atoms with Crippen LogP contribution in [0.15, 0.2) is 36.4 Å². The first kappa shape index (κ1) is 15.2. The lowest BCUT2D eigenvalue weighted by atomic mass is 10.1. The summed E-state index contributed by atoms with van der Waals surface area (Å²) in [6.45, 7) is 3.95. The fourth-order valence-corrected chi connectivity index (χ4v) is 3.16. The number of hydrogen-bond donors (Lipinski definition) is 0. The van der Waals surface area contributed by atoms with Crippen molar-refractivity contribution in [2.45, 2.75) is 19.6 Å². The Balaban J connectivity index is 1.70. The summed E-state index contributed by atoms with van der Waals surface area (Å²) < 4.78 is 16.4. The van der Waals surface area contributed by atoms with Crippen molar-refractivity contribution in [1.82, 2.24) is 0 Å². The highest BCUT2D eigenvalue weighted by Crippen LogP contribution is 2.30. The second-order valence-electron chi connectivity index (χ2n) is 4.98. The molecule has 116 valence electrons. The third kappa shape index (κ3) is 3.38. The third-order valence-electron chi connectivity index (χ3n) is 3.29. The number of rotatable bonds is 6. The van der Waals surface area contributed by atoms with E-state index in [0.29, 0.717) is 30.3 Å². The SMILES string of the molecule is CCCOc1ccc(C(=O)c2ccc(C3OCCO3)s2)cc1. The van der Waals surface area contributed by atoms with Gasteiger partial charge in [-0.1, -0.05) is 6.92 Å². The van der Waals surface area contributed by atoms with Gasteiger partial charge >= 0.3 is 0 Å². The largest absolute Gasteiger partial charge is 0.494 e. The van der Waals surface area contributed by atoms with Crippen LogP contribution >= 0.6 is 11.3 Å². The Morgan fingerprint density at radius 3 is 2.59 bits per heavy atom. The summed E-state index contributed by atoms with van der Waals surface area (Å²) in [6.07, 6.45) is 0.639. The fraction of sp³-hybridized carbons (Fsp3) is 0.353. The van der Waals surface area contributed by atoms with Gasteiger partial charge in [-0.25, -0.2) is 0 Å². The lowest BCUT2D eigenvalue weighted by molar-refractivity contribution is -0.0413. The number of thiophene rings is 1. The number of carbonyl (C=O) groups excluding carboxylic acids is 1. The lowest BCUT2D eigenvalue weighted by Gasteiger charge is -2.05. The first-order valence-corrected chi connectivity index (χ1v) is 8.20. The summed E-state index contributed by atoms with van der Waals surface area (Å²) in [7, 11) is 0. The Bertz CT molecular complexity index is 626. The topological polar surface area (TPSA) is 44.8 Å². The van der Waals surface area contributed by atoms with E-state index < -0.39 is 0 Å². The van der Waals surface area contributed by atoms with Crippen LogP contribution in [-0.2, 0) is 9.47 Å². The normalized spacial score (nSPS) is 15.1. The Kier molecular flexibility index (Phi) is 4.87. The van der Waals surface area contributed by atoms with Crippen LogP contribution in [0.5, 0.6) is 5.75 Å². The summed E-state index contributed by atoms with van der Waals surface area (Å²) in [4.78, 5) is 14.1. The van der Waals surface area contributed by atoms with Crippen molar-refractivity contribution in [3.63, 3.8) is 0 Å². The van der Waals surface area contributed by atoms with E-state index in [1.165, 1.54) is 11.3 Å². The van der Waals surface area contributed by atoms with Gasteiger partial charge < -0.3 is 14.2 Å². The molecule has 1 aromatic carbocycles. The maximum atomic E-state index is 12.5. The van der Waals surface area contributed by atoms with Gasteiger partial charge in [-0.05, 0) is 42.8 Å². The highest BCUT2D eigenvalue weighted by molar-refractivity contribution is 7.14. The van der Waals surface area contributed by atoms with Crippen molar-refractivity contribution >= 4 is 17.1 Å². The highest BCUT2D eigenvalue weighted by Gasteiger charge is 2.22. The number of carbonyl (C=O) groups is 1. The molecule has 0 spiro atoms. The van der Waals surface area contributed by atoms with Crippen LogP contribution in [0.3, 0.4) is 0 Å². The maximum Gasteiger partial charge on any atom is 0.202 e. The quantitative estimate of drug-likeness (QED) is 0.760. The van der Waals surface area contributed by atoms with Gasteiger partial charge in [-0.15, -0.1) is 11.3 Å². The molecule has 2 heterocycles. The fourth-order valence-electron chi connectivity index (χ4n) is 2.19. The molecule has 0 amide bonds. The zero-order valence-corrected chi connectivity index (χ0v) is 13.2. The van der Waals surface area contributed by atoms with Gasteiger partial charge in [0.05, 0.1) is 29.6 Å². The minimum Gasteiger partial charge on any atom is -0.494 e. The number of ether oxygens (including phenoxy) is 3. The van der Waals surface area contributed by atoms with Gasteiger partial charge in [0.1, 0.15) is 5.75 Å². The van der Waals surface area contributed by atoms with E-state index in [4.69, 9.17) is 14.2 Å². The van der Waals surface area contributed by atoms with Crippen LogP contribution in [0.4, 0.5) is 0 Å². The van der Waals surface area contributed by atoms with Crippen LogP contribution in [0.1, 0.15) is 39.7 Å². The molecule has 3 rings (SSSR count). The second kappa shape index (κ2) is 7.05. The Labute approximate surface area is 133 Å². The standard InChI is InChI=1S/C17H18O4S/c1-2-9-19-13-5-3-12(4-6-13)16(18)14-7-8-15(22-14)17-20-10-11-21-17/h3-8,17H,2,9-11H2,1H3. The molecule has 1 aliphatic rings. The van der Waals surface area contributed by atoms with Gasteiger partial charge in [0.15, 0.2) is 6.29 Å². The Morgan fingerprint density at radius 1 is 1.18 bits per heavy atom. The molecular formula is C17H18O4S.